The normalized spacial score (nSPS) is 16.6. The van der Waals surface area contributed by atoms with Crippen LogP contribution in [0, 0.1) is 11.7 Å². The molecule has 3 N–H and O–H groups in total. The third-order valence-electron chi connectivity index (χ3n) is 4.55. The van der Waals surface area contributed by atoms with Crippen molar-refractivity contribution >= 4 is 29.1 Å². The number of benzene rings is 1. The van der Waals surface area contributed by atoms with E-state index in [2.05, 4.69) is 10.6 Å². The highest BCUT2D eigenvalue weighted by Gasteiger charge is 2.27. The number of anilines is 2. The van der Waals surface area contributed by atoms with Gasteiger partial charge in [-0.15, -0.1) is 11.6 Å². The summed E-state index contributed by atoms with van der Waals surface area (Å²) in [6.45, 7) is 7.68. The first kappa shape index (κ1) is 22.6. The van der Waals surface area contributed by atoms with E-state index in [9.17, 15) is 14.3 Å². The van der Waals surface area contributed by atoms with Gasteiger partial charge < -0.3 is 25.4 Å². The van der Waals surface area contributed by atoms with E-state index in [-0.39, 0.29) is 24.3 Å². The van der Waals surface area contributed by atoms with Gasteiger partial charge in [-0.05, 0) is 51.7 Å². The molecular formula is C20H31ClFN3O3. The van der Waals surface area contributed by atoms with Crippen LogP contribution in [0.1, 0.15) is 33.6 Å². The number of aliphatic hydroxyl groups excluding tert-OH is 1. The zero-order valence-electron chi connectivity index (χ0n) is 16.8. The largest absolute Gasteiger partial charge is 0.444 e. The molecule has 8 heteroatoms. The molecule has 1 amide bonds. The second-order valence-corrected chi connectivity index (χ2v) is 8.45. The Kier molecular flexibility index (Phi) is 8.19. The Hall–Kier alpha value is -1.73. The summed E-state index contributed by atoms with van der Waals surface area (Å²) in [6, 6.07) is 4.78. The Labute approximate surface area is 171 Å². The summed E-state index contributed by atoms with van der Waals surface area (Å²) in [5.74, 6) is 0.0949. The molecule has 1 saturated heterocycles. The maximum Gasteiger partial charge on any atom is 0.410 e. The zero-order valence-corrected chi connectivity index (χ0v) is 17.6. The van der Waals surface area contributed by atoms with Crippen LogP contribution in [0.5, 0.6) is 0 Å². The predicted molar refractivity (Wildman–Crippen MR) is 111 cm³/mol. The molecule has 1 aliphatic heterocycles. The number of rotatable bonds is 7. The number of aliphatic hydroxyl groups is 1. The highest BCUT2D eigenvalue weighted by atomic mass is 35.5. The van der Waals surface area contributed by atoms with Gasteiger partial charge in [-0.1, -0.05) is 6.07 Å². The summed E-state index contributed by atoms with van der Waals surface area (Å²) in [5, 5.41) is 15.8. The van der Waals surface area contributed by atoms with Gasteiger partial charge in [0.25, 0.3) is 0 Å². The number of hydrogen-bond acceptors (Lipinski definition) is 5. The van der Waals surface area contributed by atoms with Gasteiger partial charge in [0.05, 0.1) is 23.4 Å². The lowest BCUT2D eigenvalue weighted by Crippen LogP contribution is -2.42. The molecular weight excluding hydrogens is 385 g/mol. The van der Waals surface area contributed by atoms with E-state index < -0.39 is 11.7 Å². The van der Waals surface area contributed by atoms with Gasteiger partial charge >= 0.3 is 6.09 Å². The molecule has 0 bridgehead atoms. The molecule has 6 nitrogen and oxygen atoms in total. The standard InChI is InChI=1S/C20H31ClFN3O3/c1-20(2,3)28-19(27)25-9-7-14(8-10-25)12-24-18-16(22)5-4-6-17(18)23-13-15(26)11-21/h4-6,14-15,23-24,26H,7-13H2,1-3H3. The molecule has 1 aromatic rings. The number of para-hydroxylation sites is 1. The first-order valence-electron chi connectivity index (χ1n) is 9.68. The smallest absolute Gasteiger partial charge is 0.410 e. The number of likely N-dealkylation sites (tertiary alicyclic amines) is 1. The van der Waals surface area contributed by atoms with E-state index in [4.69, 9.17) is 16.3 Å². The fourth-order valence-electron chi connectivity index (χ4n) is 3.03. The van der Waals surface area contributed by atoms with Crippen molar-refractivity contribution in [2.24, 2.45) is 5.92 Å². The average Bonchev–Trinajstić information content (AvgIpc) is 2.64. The summed E-state index contributed by atoms with van der Waals surface area (Å²) >= 11 is 5.60. The van der Waals surface area contributed by atoms with Crippen LogP contribution < -0.4 is 10.6 Å². The lowest BCUT2D eigenvalue weighted by atomic mass is 9.97. The highest BCUT2D eigenvalue weighted by Crippen LogP contribution is 2.27. The topological polar surface area (TPSA) is 73.8 Å². The summed E-state index contributed by atoms with van der Waals surface area (Å²) in [7, 11) is 0. The molecule has 1 aromatic carbocycles. The van der Waals surface area contributed by atoms with Crippen molar-refractivity contribution in [1.29, 1.82) is 0 Å². The number of alkyl halides is 1. The zero-order chi connectivity index (χ0) is 20.7. The number of halogens is 2. The third-order valence-corrected chi connectivity index (χ3v) is 4.91. The molecule has 158 valence electrons. The molecule has 1 fully saturated rings. The quantitative estimate of drug-likeness (QED) is 0.589. The summed E-state index contributed by atoms with van der Waals surface area (Å²) in [6.07, 6.45) is 0.676. The van der Waals surface area contributed by atoms with Crippen LogP contribution in [0.15, 0.2) is 18.2 Å². The second-order valence-electron chi connectivity index (χ2n) is 8.14. The molecule has 1 unspecified atom stereocenters. The van der Waals surface area contributed by atoms with Gasteiger partial charge in [-0.3, -0.25) is 0 Å². The Bertz CT molecular complexity index is 646. The third kappa shape index (κ3) is 7.02. The first-order chi connectivity index (χ1) is 13.2. The lowest BCUT2D eigenvalue weighted by Gasteiger charge is -2.33. The van der Waals surface area contributed by atoms with Gasteiger partial charge in [0.1, 0.15) is 11.4 Å². The number of nitrogens with one attached hydrogen (secondary N) is 2. The van der Waals surface area contributed by atoms with Crippen LogP contribution in [0.4, 0.5) is 20.6 Å². The maximum absolute atomic E-state index is 14.3. The fraction of sp³-hybridized carbons (Fsp3) is 0.650. The van der Waals surface area contributed by atoms with E-state index in [0.29, 0.717) is 36.9 Å². The number of ether oxygens (including phenoxy) is 1. The molecule has 2 rings (SSSR count). The number of hydrogen-bond donors (Lipinski definition) is 3. The number of carbonyl (C=O) groups excluding carboxylic acids is 1. The Morgan fingerprint density at radius 3 is 2.64 bits per heavy atom. The van der Waals surface area contributed by atoms with E-state index in [1.807, 2.05) is 20.8 Å². The lowest BCUT2D eigenvalue weighted by molar-refractivity contribution is 0.0188. The van der Waals surface area contributed by atoms with Crippen molar-refractivity contribution in [3.63, 3.8) is 0 Å². The second kappa shape index (κ2) is 10.2. The Morgan fingerprint density at radius 2 is 2.04 bits per heavy atom. The van der Waals surface area contributed by atoms with Crippen LogP contribution in [0.2, 0.25) is 0 Å². The molecule has 0 radical (unpaired) electrons. The fourth-order valence-corrected chi connectivity index (χ4v) is 3.14. The minimum absolute atomic E-state index is 0.112. The minimum atomic E-state index is -0.699. The average molecular weight is 416 g/mol. The van der Waals surface area contributed by atoms with Gasteiger partial charge in [-0.2, -0.15) is 0 Å². The molecule has 0 saturated carbocycles. The number of nitrogens with zero attached hydrogens (tertiary/aromatic N) is 1. The van der Waals surface area contributed by atoms with E-state index in [1.165, 1.54) is 6.07 Å². The summed E-state index contributed by atoms with van der Waals surface area (Å²) < 4.78 is 19.7. The molecule has 0 spiro atoms. The van der Waals surface area contributed by atoms with Crippen LogP contribution in [0.3, 0.4) is 0 Å². The van der Waals surface area contributed by atoms with Crippen molar-refractivity contribution in [3.05, 3.63) is 24.0 Å². The number of amides is 1. The summed E-state index contributed by atoms with van der Waals surface area (Å²) in [4.78, 5) is 13.9. The van der Waals surface area contributed by atoms with Crippen molar-refractivity contribution in [2.75, 3.05) is 42.7 Å². The minimum Gasteiger partial charge on any atom is -0.444 e. The van der Waals surface area contributed by atoms with Gasteiger partial charge in [-0.25, -0.2) is 9.18 Å². The highest BCUT2D eigenvalue weighted by molar-refractivity contribution is 6.18. The Balaban J connectivity index is 1.86. The summed E-state index contributed by atoms with van der Waals surface area (Å²) in [5.41, 5.74) is 0.482. The predicted octanol–water partition coefficient (Wildman–Crippen LogP) is 3.90. The van der Waals surface area contributed by atoms with E-state index in [0.717, 1.165) is 12.8 Å². The van der Waals surface area contributed by atoms with Crippen LogP contribution in [0.25, 0.3) is 0 Å². The molecule has 1 atom stereocenters. The van der Waals surface area contributed by atoms with Gasteiger partial charge in [0, 0.05) is 26.2 Å². The Morgan fingerprint density at radius 1 is 1.36 bits per heavy atom. The number of piperidine rings is 1. The molecule has 0 aromatic heterocycles. The van der Waals surface area contributed by atoms with Crippen LogP contribution in [-0.4, -0.2) is 59.9 Å². The van der Waals surface area contributed by atoms with Crippen molar-refractivity contribution < 1.29 is 19.0 Å². The van der Waals surface area contributed by atoms with E-state index in [1.54, 1.807) is 17.0 Å². The molecule has 28 heavy (non-hydrogen) atoms. The number of carbonyl (C=O) groups is 1. The molecule has 0 aliphatic carbocycles. The van der Waals surface area contributed by atoms with Crippen molar-refractivity contribution in [3.8, 4) is 0 Å². The molecule has 1 heterocycles. The monoisotopic (exact) mass is 415 g/mol. The van der Waals surface area contributed by atoms with Crippen molar-refractivity contribution in [2.45, 2.75) is 45.3 Å². The van der Waals surface area contributed by atoms with Gasteiger partial charge in [0.2, 0.25) is 0 Å². The molecule has 1 aliphatic rings. The van der Waals surface area contributed by atoms with Gasteiger partial charge in [0.15, 0.2) is 0 Å². The SMILES string of the molecule is CC(C)(C)OC(=O)N1CCC(CNc2c(F)cccc2NCC(O)CCl)CC1. The first-order valence-corrected chi connectivity index (χ1v) is 10.2. The van der Waals surface area contributed by atoms with Crippen LogP contribution in [-0.2, 0) is 4.74 Å². The van der Waals surface area contributed by atoms with E-state index >= 15 is 0 Å². The van der Waals surface area contributed by atoms with Crippen LogP contribution >= 0.6 is 11.6 Å². The maximum atomic E-state index is 14.3. The van der Waals surface area contributed by atoms with Crippen molar-refractivity contribution in [1.82, 2.24) is 4.90 Å².